The standard InChI is InChI=1S/C13H17N3O2S/c17-11(12(18)16-13-14-3-4-19-13)15-7-10-6-8-1-2-9(10)5-8/h3-4,8-10H,1-2,5-7H2,(H,15,17)(H,14,16,18). The van der Waals surface area contributed by atoms with Crippen molar-refractivity contribution in [3.05, 3.63) is 11.6 Å². The Hall–Kier alpha value is -1.43. The molecule has 2 N–H and O–H groups in total. The summed E-state index contributed by atoms with van der Waals surface area (Å²) in [7, 11) is 0. The van der Waals surface area contributed by atoms with Gasteiger partial charge in [-0.2, -0.15) is 0 Å². The molecule has 0 aliphatic heterocycles. The Balaban J connectivity index is 1.45. The van der Waals surface area contributed by atoms with Gasteiger partial charge in [0.05, 0.1) is 0 Å². The Morgan fingerprint density at radius 2 is 2.21 bits per heavy atom. The first kappa shape index (κ1) is 12.6. The summed E-state index contributed by atoms with van der Waals surface area (Å²) in [4.78, 5) is 27.2. The molecule has 5 nitrogen and oxygen atoms in total. The molecule has 0 spiro atoms. The molecule has 6 heteroatoms. The van der Waals surface area contributed by atoms with Gasteiger partial charge in [-0.05, 0) is 37.0 Å². The number of nitrogens with zero attached hydrogens (tertiary/aromatic N) is 1. The molecule has 2 aliphatic carbocycles. The minimum absolute atomic E-state index is 0.458. The molecule has 3 atom stereocenters. The molecule has 3 rings (SSSR count). The van der Waals surface area contributed by atoms with E-state index in [1.165, 1.54) is 37.0 Å². The van der Waals surface area contributed by atoms with Gasteiger partial charge in [-0.25, -0.2) is 4.98 Å². The van der Waals surface area contributed by atoms with E-state index in [2.05, 4.69) is 15.6 Å². The van der Waals surface area contributed by atoms with Crippen LogP contribution in [0.2, 0.25) is 0 Å². The Morgan fingerprint density at radius 1 is 1.32 bits per heavy atom. The maximum absolute atomic E-state index is 11.7. The van der Waals surface area contributed by atoms with Crippen molar-refractivity contribution in [2.24, 2.45) is 17.8 Å². The minimum Gasteiger partial charge on any atom is -0.348 e. The summed E-state index contributed by atoms with van der Waals surface area (Å²) in [6.07, 6.45) is 6.74. The van der Waals surface area contributed by atoms with Gasteiger partial charge in [0.25, 0.3) is 0 Å². The first-order valence-electron chi connectivity index (χ1n) is 6.71. The van der Waals surface area contributed by atoms with E-state index in [0.29, 0.717) is 17.6 Å². The van der Waals surface area contributed by atoms with Crippen molar-refractivity contribution in [1.29, 1.82) is 0 Å². The molecule has 2 aliphatic rings. The highest BCUT2D eigenvalue weighted by Crippen LogP contribution is 2.47. The van der Waals surface area contributed by atoms with Crippen molar-refractivity contribution in [3.63, 3.8) is 0 Å². The number of amides is 2. The van der Waals surface area contributed by atoms with E-state index < -0.39 is 11.8 Å². The molecule has 0 saturated heterocycles. The lowest BCUT2D eigenvalue weighted by molar-refractivity contribution is -0.136. The fourth-order valence-electron chi connectivity index (χ4n) is 3.37. The summed E-state index contributed by atoms with van der Waals surface area (Å²) >= 11 is 1.30. The first-order chi connectivity index (χ1) is 9.22. The Bertz CT molecular complexity index is 474. The third-order valence-electron chi connectivity index (χ3n) is 4.27. The van der Waals surface area contributed by atoms with Crippen LogP contribution in [-0.2, 0) is 9.59 Å². The first-order valence-corrected chi connectivity index (χ1v) is 7.59. The van der Waals surface area contributed by atoms with Gasteiger partial charge in [0.15, 0.2) is 5.13 Å². The van der Waals surface area contributed by atoms with Crippen LogP contribution in [-0.4, -0.2) is 23.3 Å². The quantitative estimate of drug-likeness (QED) is 0.826. The molecule has 1 heterocycles. The molecule has 0 radical (unpaired) electrons. The van der Waals surface area contributed by atoms with Crippen LogP contribution in [0.1, 0.15) is 25.7 Å². The van der Waals surface area contributed by atoms with Crippen LogP contribution >= 0.6 is 11.3 Å². The van der Waals surface area contributed by atoms with Gasteiger partial charge in [0.2, 0.25) is 0 Å². The van der Waals surface area contributed by atoms with Crippen LogP contribution in [0.15, 0.2) is 11.6 Å². The van der Waals surface area contributed by atoms with E-state index in [-0.39, 0.29) is 0 Å². The molecule has 2 fully saturated rings. The number of fused-ring (bicyclic) bond motifs is 2. The monoisotopic (exact) mass is 279 g/mol. The fraction of sp³-hybridized carbons (Fsp3) is 0.615. The van der Waals surface area contributed by atoms with E-state index in [4.69, 9.17) is 0 Å². The number of thiazole rings is 1. The van der Waals surface area contributed by atoms with Gasteiger partial charge in [0, 0.05) is 18.1 Å². The zero-order valence-corrected chi connectivity index (χ0v) is 11.4. The van der Waals surface area contributed by atoms with E-state index in [9.17, 15) is 9.59 Å². The summed E-state index contributed by atoms with van der Waals surface area (Å²) in [6.45, 7) is 0.630. The molecule has 1 aromatic rings. The van der Waals surface area contributed by atoms with Crippen molar-refractivity contribution in [3.8, 4) is 0 Å². The summed E-state index contributed by atoms with van der Waals surface area (Å²) in [5.41, 5.74) is 0. The third kappa shape index (κ3) is 2.78. The van der Waals surface area contributed by atoms with Gasteiger partial charge < -0.3 is 5.32 Å². The summed E-state index contributed by atoms with van der Waals surface area (Å²) in [5.74, 6) is 0.995. The van der Waals surface area contributed by atoms with Crippen LogP contribution in [0.4, 0.5) is 5.13 Å². The molecule has 3 unspecified atom stereocenters. The lowest BCUT2D eigenvalue weighted by Crippen LogP contribution is -2.39. The lowest BCUT2D eigenvalue weighted by atomic mass is 9.89. The normalized spacial score (nSPS) is 28.3. The maximum atomic E-state index is 11.7. The highest BCUT2D eigenvalue weighted by molar-refractivity contribution is 7.13. The Labute approximate surface area is 115 Å². The second kappa shape index (κ2) is 5.28. The average Bonchev–Trinajstić information content (AvgIpc) is 3.12. The molecule has 1 aromatic heterocycles. The topological polar surface area (TPSA) is 71.1 Å². The van der Waals surface area contributed by atoms with Crippen LogP contribution in [0.25, 0.3) is 0 Å². The van der Waals surface area contributed by atoms with Gasteiger partial charge >= 0.3 is 11.8 Å². The smallest absolute Gasteiger partial charge is 0.315 e. The second-order valence-corrected chi connectivity index (χ2v) is 6.33. The molecule has 2 bridgehead atoms. The molecular weight excluding hydrogens is 262 g/mol. The zero-order valence-electron chi connectivity index (χ0n) is 10.6. The van der Waals surface area contributed by atoms with Crippen LogP contribution in [0.3, 0.4) is 0 Å². The number of carbonyl (C=O) groups is 2. The van der Waals surface area contributed by atoms with Gasteiger partial charge in [-0.1, -0.05) is 6.42 Å². The van der Waals surface area contributed by atoms with Crippen LogP contribution in [0, 0.1) is 17.8 Å². The third-order valence-corrected chi connectivity index (χ3v) is 4.96. The van der Waals surface area contributed by atoms with Gasteiger partial charge in [-0.3, -0.25) is 14.9 Å². The molecular formula is C13H17N3O2S. The number of rotatable bonds is 3. The number of hydrogen-bond acceptors (Lipinski definition) is 4. The largest absolute Gasteiger partial charge is 0.348 e. The van der Waals surface area contributed by atoms with Crippen molar-refractivity contribution < 1.29 is 9.59 Å². The molecule has 102 valence electrons. The average molecular weight is 279 g/mol. The number of carbonyl (C=O) groups excluding carboxylic acids is 2. The van der Waals surface area contributed by atoms with Gasteiger partial charge in [-0.15, -0.1) is 11.3 Å². The second-order valence-electron chi connectivity index (χ2n) is 5.44. The minimum atomic E-state index is -0.627. The van der Waals surface area contributed by atoms with Crippen molar-refractivity contribution in [1.82, 2.24) is 10.3 Å². The number of nitrogens with one attached hydrogen (secondary N) is 2. The molecule has 2 saturated carbocycles. The molecule has 19 heavy (non-hydrogen) atoms. The molecule has 2 amide bonds. The van der Waals surface area contributed by atoms with Crippen molar-refractivity contribution >= 4 is 28.3 Å². The van der Waals surface area contributed by atoms with Crippen molar-refractivity contribution in [2.45, 2.75) is 25.7 Å². The Kier molecular flexibility index (Phi) is 3.50. The SMILES string of the molecule is O=C(NCC1CC2CCC1C2)C(=O)Nc1nccs1. The van der Waals surface area contributed by atoms with E-state index >= 15 is 0 Å². The predicted octanol–water partition coefficient (Wildman–Crippen LogP) is 1.63. The fourth-order valence-corrected chi connectivity index (χ4v) is 3.89. The van der Waals surface area contributed by atoms with Crippen molar-refractivity contribution in [2.75, 3.05) is 11.9 Å². The Morgan fingerprint density at radius 3 is 2.84 bits per heavy atom. The van der Waals surface area contributed by atoms with Gasteiger partial charge in [0.1, 0.15) is 0 Å². The maximum Gasteiger partial charge on any atom is 0.315 e. The summed E-state index contributed by atoms with van der Waals surface area (Å²) < 4.78 is 0. The predicted molar refractivity (Wildman–Crippen MR) is 72.7 cm³/mol. The lowest BCUT2D eigenvalue weighted by Gasteiger charge is -2.21. The van der Waals surface area contributed by atoms with Crippen LogP contribution in [0.5, 0.6) is 0 Å². The zero-order chi connectivity index (χ0) is 13.2. The highest BCUT2D eigenvalue weighted by atomic mass is 32.1. The van der Waals surface area contributed by atoms with E-state index in [1.54, 1.807) is 11.6 Å². The number of anilines is 1. The molecule has 0 aromatic carbocycles. The van der Waals surface area contributed by atoms with Crippen LogP contribution < -0.4 is 10.6 Å². The number of aromatic nitrogens is 1. The van der Waals surface area contributed by atoms with E-state index in [0.717, 1.165) is 11.8 Å². The number of hydrogen-bond donors (Lipinski definition) is 2. The van der Waals surface area contributed by atoms with E-state index in [1.807, 2.05) is 0 Å². The summed E-state index contributed by atoms with van der Waals surface area (Å²) in [6, 6.07) is 0. The summed E-state index contributed by atoms with van der Waals surface area (Å²) in [5, 5.41) is 7.45. The highest BCUT2D eigenvalue weighted by Gasteiger charge is 2.39.